The van der Waals surface area contributed by atoms with Crippen LogP contribution in [-0.2, 0) is 0 Å². The molecular formula is C14H18N6O. The van der Waals surface area contributed by atoms with Gasteiger partial charge in [-0.25, -0.2) is 14.3 Å². The van der Waals surface area contributed by atoms with Crippen LogP contribution in [0.3, 0.4) is 0 Å². The Bertz CT molecular complexity index is 656. The van der Waals surface area contributed by atoms with Crippen LogP contribution in [0.15, 0.2) is 24.7 Å². The molecule has 7 heteroatoms. The van der Waals surface area contributed by atoms with Crippen molar-refractivity contribution in [2.24, 2.45) is 0 Å². The molecule has 4 rings (SSSR count). The Morgan fingerprint density at radius 1 is 1.19 bits per heavy atom. The number of anilines is 1. The first-order valence-electron chi connectivity index (χ1n) is 7.39. The van der Waals surface area contributed by atoms with Crippen molar-refractivity contribution in [3.63, 3.8) is 0 Å². The number of rotatable bonds is 2. The molecule has 0 aromatic carbocycles. The van der Waals surface area contributed by atoms with Gasteiger partial charge in [0, 0.05) is 32.2 Å². The topological polar surface area (TPSA) is 65.8 Å². The number of pyridine rings is 1. The van der Waals surface area contributed by atoms with Gasteiger partial charge >= 0.3 is 6.03 Å². The summed E-state index contributed by atoms with van der Waals surface area (Å²) in [5, 5.41) is 7.00. The summed E-state index contributed by atoms with van der Waals surface area (Å²) in [6.45, 7) is 3.57. The molecule has 3 heterocycles. The number of aromatic nitrogens is 3. The Morgan fingerprint density at radius 3 is 2.76 bits per heavy atom. The van der Waals surface area contributed by atoms with Gasteiger partial charge in [-0.2, -0.15) is 5.10 Å². The molecule has 1 aliphatic heterocycles. The lowest BCUT2D eigenvalue weighted by molar-refractivity contribution is 0.142. The van der Waals surface area contributed by atoms with E-state index in [0.717, 1.165) is 43.6 Å². The van der Waals surface area contributed by atoms with Crippen LogP contribution in [0.5, 0.6) is 0 Å². The van der Waals surface area contributed by atoms with E-state index in [0.29, 0.717) is 0 Å². The fourth-order valence-electron chi connectivity index (χ4n) is 2.82. The first-order valence-corrected chi connectivity index (χ1v) is 7.39. The summed E-state index contributed by atoms with van der Waals surface area (Å²) in [6, 6.07) is 4.44. The van der Waals surface area contributed by atoms with Crippen molar-refractivity contribution in [2.45, 2.75) is 18.9 Å². The average molecular weight is 286 g/mol. The summed E-state index contributed by atoms with van der Waals surface area (Å²) >= 11 is 0. The molecule has 1 N–H and O–H groups in total. The standard InChI is InChI=1S/C14H18N6O/c21-14(19-7-5-18(6-8-19)12-2-3-12)17-11-1-4-13-15-10-16-20(13)9-11/h1,4,9-10,12H,2-3,5-8H2,(H,17,21). The van der Waals surface area contributed by atoms with Gasteiger partial charge in [-0.1, -0.05) is 0 Å². The summed E-state index contributed by atoms with van der Waals surface area (Å²) < 4.78 is 1.65. The first-order chi connectivity index (χ1) is 10.3. The molecule has 0 spiro atoms. The molecule has 2 aromatic heterocycles. The zero-order valence-corrected chi connectivity index (χ0v) is 11.8. The zero-order chi connectivity index (χ0) is 14.2. The molecule has 0 bridgehead atoms. The number of carbonyl (C=O) groups is 1. The van der Waals surface area contributed by atoms with Crippen LogP contribution in [0.4, 0.5) is 10.5 Å². The maximum atomic E-state index is 12.3. The quantitative estimate of drug-likeness (QED) is 0.896. The lowest BCUT2D eigenvalue weighted by Gasteiger charge is -2.34. The number of hydrogen-bond donors (Lipinski definition) is 1. The van der Waals surface area contributed by atoms with Crippen LogP contribution in [0, 0.1) is 0 Å². The molecule has 1 aliphatic carbocycles. The largest absolute Gasteiger partial charge is 0.322 e. The average Bonchev–Trinajstić information content (AvgIpc) is 3.26. The number of amides is 2. The molecule has 0 radical (unpaired) electrons. The van der Waals surface area contributed by atoms with Crippen LogP contribution >= 0.6 is 0 Å². The van der Waals surface area contributed by atoms with Gasteiger partial charge in [0.25, 0.3) is 0 Å². The lowest BCUT2D eigenvalue weighted by Crippen LogP contribution is -2.50. The summed E-state index contributed by atoms with van der Waals surface area (Å²) in [6.07, 6.45) is 5.92. The third kappa shape index (κ3) is 2.56. The predicted octanol–water partition coefficient (Wildman–Crippen LogP) is 1.04. The normalized spacial score (nSPS) is 19.9. The highest BCUT2D eigenvalue weighted by Crippen LogP contribution is 2.27. The van der Waals surface area contributed by atoms with Crippen molar-refractivity contribution in [1.29, 1.82) is 0 Å². The summed E-state index contributed by atoms with van der Waals surface area (Å²) in [7, 11) is 0. The predicted molar refractivity (Wildman–Crippen MR) is 78.2 cm³/mol. The van der Waals surface area contributed by atoms with Crippen LogP contribution in [0.25, 0.3) is 5.65 Å². The summed E-state index contributed by atoms with van der Waals surface area (Å²) in [4.78, 5) is 20.7. The molecule has 2 aliphatic rings. The van der Waals surface area contributed by atoms with Crippen molar-refractivity contribution < 1.29 is 4.79 Å². The first kappa shape index (κ1) is 12.6. The highest BCUT2D eigenvalue weighted by molar-refractivity contribution is 5.89. The van der Waals surface area contributed by atoms with Crippen molar-refractivity contribution >= 4 is 17.4 Å². The van der Waals surface area contributed by atoms with Crippen molar-refractivity contribution in [3.8, 4) is 0 Å². The molecule has 2 aromatic rings. The molecule has 21 heavy (non-hydrogen) atoms. The SMILES string of the molecule is O=C(Nc1ccc2ncnn2c1)N1CCN(C2CC2)CC1. The minimum absolute atomic E-state index is 0.0371. The second-order valence-corrected chi connectivity index (χ2v) is 5.66. The van der Waals surface area contributed by atoms with Gasteiger partial charge in [0.15, 0.2) is 5.65 Å². The molecule has 1 saturated heterocycles. The number of urea groups is 1. The zero-order valence-electron chi connectivity index (χ0n) is 11.8. The van der Waals surface area contributed by atoms with Crippen molar-refractivity contribution in [3.05, 3.63) is 24.7 Å². The highest BCUT2D eigenvalue weighted by atomic mass is 16.2. The number of nitrogens with zero attached hydrogens (tertiary/aromatic N) is 5. The van der Waals surface area contributed by atoms with Gasteiger partial charge in [0.2, 0.25) is 0 Å². The molecule has 2 amide bonds. The number of fused-ring (bicyclic) bond motifs is 1. The van der Waals surface area contributed by atoms with Crippen molar-refractivity contribution in [2.75, 3.05) is 31.5 Å². The van der Waals surface area contributed by atoms with Crippen LogP contribution in [-0.4, -0.2) is 62.6 Å². The van der Waals surface area contributed by atoms with E-state index in [9.17, 15) is 4.79 Å². The van der Waals surface area contributed by atoms with Crippen LogP contribution in [0.1, 0.15) is 12.8 Å². The van der Waals surface area contributed by atoms with Crippen LogP contribution < -0.4 is 5.32 Å². The minimum atomic E-state index is -0.0371. The number of carbonyl (C=O) groups excluding carboxylic acids is 1. The Morgan fingerprint density at radius 2 is 2.00 bits per heavy atom. The minimum Gasteiger partial charge on any atom is -0.322 e. The Kier molecular flexibility index (Phi) is 2.99. The van der Waals surface area contributed by atoms with E-state index in [1.165, 1.54) is 19.2 Å². The van der Waals surface area contributed by atoms with E-state index in [2.05, 4.69) is 20.3 Å². The molecule has 1 saturated carbocycles. The third-order valence-corrected chi connectivity index (χ3v) is 4.19. The highest BCUT2D eigenvalue weighted by Gasteiger charge is 2.32. The second kappa shape index (κ2) is 5.00. The fourth-order valence-corrected chi connectivity index (χ4v) is 2.82. The van der Waals surface area contributed by atoms with E-state index < -0.39 is 0 Å². The smallest absolute Gasteiger partial charge is 0.321 e. The maximum Gasteiger partial charge on any atom is 0.321 e. The molecule has 0 atom stereocenters. The van der Waals surface area contributed by atoms with Gasteiger partial charge in [-0.3, -0.25) is 4.90 Å². The lowest BCUT2D eigenvalue weighted by atomic mass is 10.3. The monoisotopic (exact) mass is 286 g/mol. The molecule has 110 valence electrons. The molecular weight excluding hydrogens is 268 g/mol. The van der Waals surface area contributed by atoms with E-state index in [1.807, 2.05) is 17.0 Å². The summed E-state index contributed by atoms with van der Waals surface area (Å²) in [5.74, 6) is 0. The van der Waals surface area contributed by atoms with E-state index in [4.69, 9.17) is 0 Å². The van der Waals surface area contributed by atoms with Gasteiger partial charge < -0.3 is 10.2 Å². The Balaban J connectivity index is 1.38. The van der Waals surface area contributed by atoms with E-state index in [1.54, 1.807) is 10.7 Å². The van der Waals surface area contributed by atoms with Gasteiger partial charge in [0.05, 0.1) is 11.9 Å². The Hall–Kier alpha value is -2.15. The van der Waals surface area contributed by atoms with Crippen LogP contribution in [0.2, 0.25) is 0 Å². The van der Waals surface area contributed by atoms with Gasteiger partial charge in [-0.15, -0.1) is 0 Å². The van der Waals surface area contributed by atoms with E-state index in [-0.39, 0.29) is 6.03 Å². The summed E-state index contributed by atoms with van der Waals surface area (Å²) in [5.41, 5.74) is 1.51. The van der Waals surface area contributed by atoms with Crippen molar-refractivity contribution in [1.82, 2.24) is 24.4 Å². The fraction of sp³-hybridized carbons (Fsp3) is 0.500. The number of nitrogens with one attached hydrogen (secondary N) is 1. The maximum absolute atomic E-state index is 12.3. The second-order valence-electron chi connectivity index (χ2n) is 5.66. The Labute approximate surface area is 122 Å². The molecule has 0 unspecified atom stereocenters. The van der Waals surface area contributed by atoms with Gasteiger partial charge in [-0.05, 0) is 25.0 Å². The number of hydrogen-bond acceptors (Lipinski definition) is 4. The molecule has 2 fully saturated rings. The molecule has 7 nitrogen and oxygen atoms in total. The van der Waals surface area contributed by atoms with Gasteiger partial charge in [0.1, 0.15) is 6.33 Å². The van der Waals surface area contributed by atoms with E-state index >= 15 is 0 Å². The number of piperazine rings is 1. The third-order valence-electron chi connectivity index (χ3n) is 4.19.